The van der Waals surface area contributed by atoms with Crippen LogP contribution in [0.25, 0.3) is 0 Å². The van der Waals surface area contributed by atoms with E-state index in [2.05, 4.69) is 0 Å². The van der Waals surface area contributed by atoms with Gasteiger partial charge in [-0.3, -0.25) is 0 Å². The second kappa shape index (κ2) is 4.17. The van der Waals surface area contributed by atoms with Gasteiger partial charge in [0.15, 0.2) is 11.6 Å². The lowest BCUT2D eigenvalue weighted by Gasteiger charge is -2.31. The van der Waals surface area contributed by atoms with Crippen LogP contribution in [-0.4, -0.2) is 23.1 Å². The summed E-state index contributed by atoms with van der Waals surface area (Å²) in [7, 11) is 0. The van der Waals surface area contributed by atoms with E-state index in [1.807, 2.05) is 20.8 Å². The zero-order chi connectivity index (χ0) is 14.7. The quantitative estimate of drug-likeness (QED) is 0.725. The summed E-state index contributed by atoms with van der Waals surface area (Å²) in [5.41, 5.74) is 0.982. The fourth-order valence-electron chi connectivity index (χ4n) is 3.10. The van der Waals surface area contributed by atoms with Gasteiger partial charge in [-0.25, -0.2) is 13.6 Å². The molecule has 2 aliphatic rings. The van der Waals surface area contributed by atoms with Crippen molar-refractivity contribution >= 4 is 6.09 Å². The number of hydrogen-bond donors (Lipinski definition) is 0. The Hall–Kier alpha value is -1.65. The Morgan fingerprint density at radius 1 is 1.25 bits per heavy atom. The molecule has 5 heteroatoms. The molecule has 108 valence electrons. The third-order valence-corrected chi connectivity index (χ3v) is 3.85. The van der Waals surface area contributed by atoms with E-state index in [1.165, 1.54) is 12.1 Å². The minimum absolute atomic E-state index is 0.0811. The number of amides is 1. The highest BCUT2D eigenvalue weighted by Gasteiger charge is 2.46. The van der Waals surface area contributed by atoms with Crippen LogP contribution in [0.15, 0.2) is 12.1 Å². The summed E-state index contributed by atoms with van der Waals surface area (Å²) in [5, 5.41) is 0. The first kappa shape index (κ1) is 13.3. The molecular weight excluding hydrogens is 264 g/mol. The lowest BCUT2D eigenvalue weighted by molar-refractivity contribution is 0.0215. The molecule has 1 aliphatic carbocycles. The van der Waals surface area contributed by atoms with Crippen LogP contribution < -0.4 is 0 Å². The summed E-state index contributed by atoms with van der Waals surface area (Å²) in [6, 6.07) is 2.29. The fourth-order valence-corrected chi connectivity index (χ4v) is 3.10. The molecule has 1 aliphatic heterocycles. The lowest BCUT2D eigenvalue weighted by Crippen LogP contribution is -2.38. The van der Waals surface area contributed by atoms with E-state index in [1.54, 1.807) is 4.90 Å². The highest BCUT2D eigenvalue weighted by Crippen LogP contribution is 2.50. The van der Waals surface area contributed by atoms with Gasteiger partial charge in [-0.2, -0.15) is 0 Å². The molecule has 20 heavy (non-hydrogen) atoms. The Balaban J connectivity index is 1.88. The van der Waals surface area contributed by atoms with Crippen LogP contribution in [-0.2, 0) is 4.74 Å². The molecule has 0 radical (unpaired) electrons. The normalized spacial score (nSPS) is 23.9. The largest absolute Gasteiger partial charge is 0.444 e. The first-order valence-corrected chi connectivity index (χ1v) is 6.75. The van der Waals surface area contributed by atoms with Crippen molar-refractivity contribution in [2.75, 3.05) is 6.54 Å². The third kappa shape index (κ3) is 2.05. The Labute approximate surface area is 116 Å². The van der Waals surface area contributed by atoms with Gasteiger partial charge in [0.05, 0.1) is 6.04 Å². The molecule has 2 atom stereocenters. The molecule has 1 amide bonds. The molecule has 1 heterocycles. The molecule has 0 spiro atoms. The molecule has 0 N–H and O–H groups in total. The van der Waals surface area contributed by atoms with Crippen LogP contribution in [0.1, 0.15) is 50.3 Å². The second-order valence-electron chi connectivity index (χ2n) is 6.48. The SMILES string of the molecule is CC(C)(C)OC(=O)N1C[C@H]2C[C@@H]1c1cc(F)c(F)cc12. The van der Waals surface area contributed by atoms with Gasteiger partial charge in [0.1, 0.15) is 5.60 Å². The van der Waals surface area contributed by atoms with E-state index in [4.69, 9.17) is 4.74 Å². The number of fused-ring (bicyclic) bond motifs is 5. The third-order valence-electron chi connectivity index (χ3n) is 3.85. The summed E-state index contributed by atoms with van der Waals surface area (Å²) in [6.45, 7) is 5.93. The number of likely N-dealkylation sites (tertiary alicyclic amines) is 1. The Kier molecular flexibility index (Phi) is 2.78. The smallest absolute Gasteiger partial charge is 0.410 e. The number of ether oxygens (including phenoxy) is 1. The number of benzene rings is 1. The number of hydrogen-bond acceptors (Lipinski definition) is 2. The van der Waals surface area contributed by atoms with Gasteiger partial charge in [-0.1, -0.05) is 0 Å². The first-order chi connectivity index (χ1) is 9.26. The van der Waals surface area contributed by atoms with Crippen LogP contribution in [0, 0.1) is 11.6 Å². The molecule has 3 rings (SSSR count). The summed E-state index contributed by atoms with van der Waals surface area (Å²) < 4.78 is 32.0. The van der Waals surface area contributed by atoms with E-state index in [-0.39, 0.29) is 18.1 Å². The van der Waals surface area contributed by atoms with E-state index >= 15 is 0 Å². The predicted octanol–water partition coefficient (Wildman–Crippen LogP) is 3.74. The molecule has 1 aromatic carbocycles. The Morgan fingerprint density at radius 2 is 1.85 bits per heavy atom. The van der Waals surface area contributed by atoms with E-state index in [0.717, 1.165) is 12.0 Å². The van der Waals surface area contributed by atoms with Gasteiger partial charge in [0, 0.05) is 12.5 Å². The van der Waals surface area contributed by atoms with Crippen LogP contribution in [0.3, 0.4) is 0 Å². The topological polar surface area (TPSA) is 29.5 Å². The van der Waals surface area contributed by atoms with Crippen molar-refractivity contribution in [3.05, 3.63) is 34.9 Å². The molecule has 0 unspecified atom stereocenters. The number of halogens is 2. The zero-order valence-corrected chi connectivity index (χ0v) is 11.7. The second-order valence-corrected chi connectivity index (χ2v) is 6.48. The summed E-state index contributed by atoms with van der Waals surface area (Å²) in [4.78, 5) is 13.8. The van der Waals surface area contributed by atoms with Crippen LogP contribution >= 0.6 is 0 Å². The molecule has 1 fully saturated rings. The first-order valence-electron chi connectivity index (χ1n) is 6.75. The number of rotatable bonds is 0. The van der Waals surface area contributed by atoms with Crippen molar-refractivity contribution in [1.29, 1.82) is 0 Å². The van der Waals surface area contributed by atoms with Crippen molar-refractivity contribution in [1.82, 2.24) is 4.90 Å². The summed E-state index contributed by atoms with van der Waals surface area (Å²) in [5.74, 6) is -1.60. The van der Waals surface area contributed by atoms with Crippen molar-refractivity contribution < 1.29 is 18.3 Å². The highest BCUT2D eigenvalue weighted by molar-refractivity contribution is 5.70. The fraction of sp³-hybridized carbons (Fsp3) is 0.533. The Morgan fingerprint density at radius 3 is 2.45 bits per heavy atom. The van der Waals surface area contributed by atoms with Crippen molar-refractivity contribution in [2.24, 2.45) is 0 Å². The number of carbonyl (C=O) groups excluding carboxylic acids is 1. The Bertz CT molecular complexity index is 580. The maximum Gasteiger partial charge on any atom is 0.410 e. The lowest BCUT2D eigenvalue weighted by atomic mass is 9.99. The molecule has 2 bridgehead atoms. The van der Waals surface area contributed by atoms with Gasteiger partial charge in [0.25, 0.3) is 0 Å². The summed E-state index contributed by atoms with van der Waals surface area (Å²) in [6.07, 6.45) is 0.331. The molecule has 0 saturated carbocycles. The highest BCUT2D eigenvalue weighted by atomic mass is 19.2. The van der Waals surface area contributed by atoms with Gasteiger partial charge < -0.3 is 9.64 Å². The predicted molar refractivity (Wildman–Crippen MR) is 69.4 cm³/mol. The standard InChI is InChI=1S/C15H17F2NO2/c1-15(2,3)20-14(19)18-7-8-4-13(18)10-6-12(17)11(16)5-9(8)10/h5-6,8,13H,4,7H2,1-3H3/t8-,13-/m1/s1. The molecule has 1 saturated heterocycles. The number of carbonyl (C=O) groups is 1. The maximum atomic E-state index is 13.4. The molecule has 0 aromatic heterocycles. The average Bonchev–Trinajstić information content (AvgIpc) is 2.86. The van der Waals surface area contributed by atoms with Gasteiger partial charge in [0.2, 0.25) is 0 Å². The summed E-state index contributed by atoms with van der Waals surface area (Å²) >= 11 is 0. The van der Waals surface area contributed by atoms with Gasteiger partial charge in [-0.15, -0.1) is 0 Å². The van der Waals surface area contributed by atoms with Gasteiger partial charge >= 0.3 is 6.09 Å². The van der Waals surface area contributed by atoms with Crippen molar-refractivity contribution in [3.8, 4) is 0 Å². The van der Waals surface area contributed by atoms with Crippen molar-refractivity contribution in [3.63, 3.8) is 0 Å². The minimum Gasteiger partial charge on any atom is -0.444 e. The molecule has 1 aromatic rings. The maximum absolute atomic E-state index is 13.4. The van der Waals surface area contributed by atoms with E-state index < -0.39 is 17.2 Å². The van der Waals surface area contributed by atoms with Crippen molar-refractivity contribution in [2.45, 2.75) is 44.8 Å². The van der Waals surface area contributed by atoms with E-state index in [0.29, 0.717) is 12.1 Å². The molecule has 3 nitrogen and oxygen atoms in total. The monoisotopic (exact) mass is 281 g/mol. The van der Waals surface area contributed by atoms with Gasteiger partial charge in [-0.05, 0) is 50.5 Å². The number of nitrogens with zero attached hydrogens (tertiary/aromatic N) is 1. The van der Waals surface area contributed by atoms with Crippen LogP contribution in [0.5, 0.6) is 0 Å². The van der Waals surface area contributed by atoms with Crippen LogP contribution in [0.4, 0.5) is 13.6 Å². The van der Waals surface area contributed by atoms with E-state index in [9.17, 15) is 13.6 Å². The average molecular weight is 281 g/mol. The minimum atomic E-state index is -0.861. The van der Waals surface area contributed by atoms with Crippen LogP contribution in [0.2, 0.25) is 0 Å². The zero-order valence-electron chi connectivity index (χ0n) is 11.7. The molecular formula is C15H17F2NO2.